The number of carbonyl (C=O) groups excluding carboxylic acids is 1. The third-order valence-corrected chi connectivity index (χ3v) is 6.93. The lowest BCUT2D eigenvalue weighted by molar-refractivity contribution is -0.122. The summed E-state index contributed by atoms with van der Waals surface area (Å²) in [5.74, 6) is 0.918. The van der Waals surface area contributed by atoms with Gasteiger partial charge in [0, 0.05) is 18.8 Å². The Bertz CT molecular complexity index is 1160. The Kier molecular flexibility index (Phi) is 6.44. The average molecular weight is 455 g/mol. The van der Waals surface area contributed by atoms with Gasteiger partial charge in [-0.1, -0.05) is 54.6 Å². The van der Waals surface area contributed by atoms with Gasteiger partial charge in [0.15, 0.2) is 5.82 Å². The molecular formula is C27H26N4OS. The second-order valence-corrected chi connectivity index (χ2v) is 9.23. The van der Waals surface area contributed by atoms with Crippen LogP contribution in [-0.2, 0) is 11.3 Å². The van der Waals surface area contributed by atoms with Crippen molar-refractivity contribution in [2.75, 3.05) is 22.9 Å². The molecule has 0 bridgehead atoms. The van der Waals surface area contributed by atoms with Crippen molar-refractivity contribution in [3.8, 4) is 10.6 Å². The van der Waals surface area contributed by atoms with Crippen LogP contribution in [0.15, 0.2) is 90.3 Å². The molecule has 2 aromatic heterocycles. The van der Waals surface area contributed by atoms with Gasteiger partial charge in [-0.15, -0.1) is 21.5 Å². The van der Waals surface area contributed by atoms with Crippen LogP contribution in [0.4, 0.5) is 11.5 Å². The van der Waals surface area contributed by atoms with Crippen LogP contribution in [0.5, 0.6) is 0 Å². The largest absolute Gasteiger partial charge is 0.354 e. The highest BCUT2D eigenvalue weighted by Gasteiger charge is 2.31. The third-order valence-electron chi connectivity index (χ3n) is 6.04. The number of aromatic nitrogens is 2. The number of piperidine rings is 1. The molecule has 1 amide bonds. The predicted molar refractivity (Wildman–Crippen MR) is 134 cm³/mol. The Balaban J connectivity index is 1.34. The number of para-hydroxylation sites is 1. The van der Waals surface area contributed by atoms with E-state index in [1.807, 2.05) is 77.0 Å². The van der Waals surface area contributed by atoms with E-state index in [4.69, 9.17) is 0 Å². The van der Waals surface area contributed by atoms with Crippen molar-refractivity contribution in [1.29, 1.82) is 0 Å². The summed E-state index contributed by atoms with van der Waals surface area (Å²) in [5.41, 5.74) is 2.94. The molecule has 2 aromatic carbocycles. The zero-order valence-electron chi connectivity index (χ0n) is 18.4. The lowest BCUT2D eigenvalue weighted by Crippen LogP contribution is -2.45. The standard InChI is InChI=1S/C27H26N4OS/c32-27(31(23-12-5-2-6-13-23)19-21-9-3-1-4-10-21)22-11-7-17-30(20-22)26-16-15-24(28-29-26)25-14-8-18-33-25/h1-6,8-10,12-16,18,22H,7,11,17,19-20H2. The summed E-state index contributed by atoms with van der Waals surface area (Å²) in [5, 5.41) is 11.0. The van der Waals surface area contributed by atoms with Crippen LogP contribution in [0.1, 0.15) is 18.4 Å². The number of amides is 1. The predicted octanol–water partition coefficient (Wildman–Crippen LogP) is 5.65. The van der Waals surface area contributed by atoms with Crippen LogP contribution < -0.4 is 9.80 Å². The summed E-state index contributed by atoms with van der Waals surface area (Å²) in [6.45, 7) is 2.11. The fraction of sp³-hybridized carbons (Fsp3) is 0.222. The Labute approximate surface area is 198 Å². The van der Waals surface area contributed by atoms with Crippen LogP contribution >= 0.6 is 11.3 Å². The van der Waals surface area contributed by atoms with E-state index in [1.54, 1.807) is 11.3 Å². The molecule has 1 aliphatic rings. The zero-order chi connectivity index (χ0) is 22.5. The maximum absolute atomic E-state index is 13.8. The minimum atomic E-state index is -0.0820. The molecule has 5 nitrogen and oxygen atoms in total. The fourth-order valence-electron chi connectivity index (χ4n) is 4.33. The van der Waals surface area contributed by atoms with Crippen molar-refractivity contribution in [1.82, 2.24) is 10.2 Å². The third kappa shape index (κ3) is 4.96. The topological polar surface area (TPSA) is 49.3 Å². The number of anilines is 2. The first kappa shape index (κ1) is 21.3. The molecule has 0 radical (unpaired) electrons. The first-order valence-electron chi connectivity index (χ1n) is 11.3. The maximum Gasteiger partial charge on any atom is 0.232 e. The van der Waals surface area contributed by atoms with Crippen LogP contribution in [0.25, 0.3) is 10.6 Å². The maximum atomic E-state index is 13.8. The molecule has 0 saturated carbocycles. The van der Waals surface area contributed by atoms with Gasteiger partial charge in [0.05, 0.1) is 17.3 Å². The van der Waals surface area contributed by atoms with Crippen LogP contribution in [0.3, 0.4) is 0 Å². The van der Waals surface area contributed by atoms with Gasteiger partial charge in [0.2, 0.25) is 5.91 Å². The molecule has 0 spiro atoms. The zero-order valence-corrected chi connectivity index (χ0v) is 19.2. The normalized spacial score (nSPS) is 15.9. The Morgan fingerprint density at radius 3 is 2.42 bits per heavy atom. The quantitative estimate of drug-likeness (QED) is 0.377. The van der Waals surface area contributed by atoms with E-state index in [9.17, 15) is 4.79 Å². The lowest BCUT2D eigenvalue weighted by Gasteiger charge is -2.35. The van der Waals surface area contributed by atoms with E-state index in [2.05, 4.69) is 33.3 Å². The molecule has 3 heterocycles. The highest BCUT2D eigenvalue weighted by Crippen LogP contribution is 2.28. The SMILES string of the molecule is O=C(C1CCCN(c2ccc(-c3cccs3)nn2)C1)N(Cc1ccccc1)c1ccccc1. The van der Waals surface area contributed by atoms with Gasteiger partial charge >= 0.3 is 0 Å². The van der Waals surface area contributed by atoms with Gasteiger partial charge in [-0.2, -0.15) is 0 Å². The number of rotatable bonds is 6. The van der Waals surface area contributed by atoms with E-state index in [0.29, 0.717) is 13.1 Å². The summed E-state index contributed by atoms with van der Waals surface area (Å²) in [4.78, 5) is 19.0. The molecule has 1 fully saturated rings. The molecule has 0 N–H and O–H groups in total. The summed E-state index contributed by atoms with van der Waals surface area (Å²) in [6, 6.07) is 28.3. The van der Waals surface area contributed by atoms with Crippen molar-refractivity contribution in [2.24, 2.45) is 5.92 Å². The number of carbonyl (C=O) groups is 1. The van der Waals surface area contributed by atoms with Crippen LogP contribution in [0, 0.1) is 5.92 Å². The average Bonchev–Trinajstić information content (AvgIpc) is 3.43. The van der Waals surface area contributed by atoms with Gasteiger partial charge in [0.1, 0.15) is 5.69 Å². The van der Waals surface area contributed by atoms with Gasteiger partial charge < -0.3 is 9.80 Å². The van der Waals surface area contributed by atoms with Crippen LogP contribution in [0.2, 0.25) is 0 Å². The van der Waals surface area contributed by atoms with E-state index in [1.165, 1.54) is 0 Å². The van der Waals surface area contributed by atoms with E-state index < -0.39 is 0 Å². The lowest BCUT2D eigenvalue weighted by atomic mass is 9.95. The monoisotopic (exact) mass is 454 g/mol. The first-order chi connectivity index (χ1) is 16.3. The number of hydrogen-bond acceptors (Lipinski definition) is 5. The molecule has 166 valence electrons. The molecule has 6 heteroatoms. The van der Waals surface area contributed by atoms with Crippen molar-refractivity contribution >= 4 is 28.7 Å². The molecule has 1 aliphatic heterocycles. The first-order valence-corrected chi connectivity index (χ1v) is 12.2. The minimum Gasteiger partial charge on any atom is -0.354 e. The Hall–Kier alpha value is -3.51. The van der Waals surface area contributed by atoms with Crippen molar-refractivity contribution in [3.63, 3.8) is 0 Å². The second-order valence-electron chi connectivity index (χ2n) is 8.28. The summed E-state index contributed by atoms with van der Waals surface area (Å²) >= 11 is 1.66. The second kappa shape index (κ2) is 9.96. The molecule has 1 atom stereocenters. The summed E-state index contributed by atoms with van der Waals surface area (Å²) in [6.07, 6.45) is 1.84. The van der Waals surface area contributed by atoms with Crippen molar-refractivity contribution < 1.29 is 4.79 Å². The van der Waals surface area contributed by atoms with Gasteiger partial charge in [0.25, 0.3) is 0 Å². The Morgan fingerprint density at radius 1 is 0.939 bits per heavy atom. The molecule has 5 rings (SSSR count). The number of thiophene rings is 1. The number of benzene rings is 2. The van der Waals surface area contributed by atoms with Crippen molar-refractivity contribution in [3.05, 3.63) is 95.9 Å². The van der Waals surface area contributed by atoms with E-state index in [-0.39, 0.29) is 11.8 Å². The van der Waals surface area contributed by atoms with E-state index in [0.717, 1.165) is 47.0 Å². The molecule has 33 heavy (non-hydrogen) atoms. The summed E-state index contributed by atoms with van der Waals surface area (Å²) < 4.78 is 0. The van der Waals surface area contributed by atoms with E-state index >= 15 is 0 Å². The molecule has 1 unspecified atom stereocenters. The Morgan fingerprint density at radius 2 is 1.73 bits per heavy atom. The van der Waals surface area contributed by atoms with Gasteiger partial charge in [-0.3, -0.25) is 4.79 Å². The van der Waals surface area contributed by atoms with Crippen LogP contribution in [-0.4, -0.2) is 29.2 Å². The van der Waals surface area contributed by atoms with Gasteiger partial charge in [-0.25, -0.2) is 0 Å². The van der Waals surface area contributed by atoms with Crippen molar-refractivity contribution in [2.45, 2.75) is 19.4 Å². The minimum absolute atomic E-state index is 0.0820. The van der Waals surface area contributed by atoms with Gasteiger partial charge in [-0.05, 0) is 54.1 Å². The highest BCUT2D eigenvalue weighted by atomic mass is 32.1. The number of nitrogens with zero attached hydrogens (tertiary/aromatic N) is 4. The molecule has 0 aliphatic carbocycles. The molecule has 4 aromatic rings. The summed E-state index contributed by atoms with van der Waals surface area (Å²) in [7, 11) is 0. The fourth-order valence-corrected chi connectivity index (χ4v) is 5.02. The molecule has 1 saturated heterocycles. The smallest absolute Gasteiger partial charge is 0.232 e. The highest BCUT2D eigenvalue weighted by molar-refractivity contribution is 7.13. The number of hydrogen-bond donors (Lipinski definition) is 0. The molecular weight excluding hydrogens is 428 g/mol.